The molecule has 4 nitrogen and oxygen atoms in total. The molecule has 1 aromatic carbocycles. The van der Waals surface area contributed by atoms with Crippen LogP contribution in [-0.4, -0.2) is 41.5 Å². The zero-order valence-electron chi connectivity index (χ0n) is 15.3. The van der Waals surface area contributed by atoms with Crippen LogP contribution in [0.1, 0.15) is 24.0 Å². The zero-order valence-corrected chi connectivity index (χ0v) is 15.3. The van der Waals surface area contributed by atoms with Crippen molar-refractivity contribution >= 4 is 22.4 Å². The SMILES string of the molecule is CN1CC=C(c2c[nH]c3ccc(NCCCc4ccccc4)nc23)CC1. The highest BCUT2D eigenvalue weighted by Gasteiger charge is 2.14. The number of H-pyrrole nitrogens is 1. The van der Waals surface area contributed by atoms with E-state index in [1.807, 2.05) is 0 Å². The number of aromatic nitrogens is 2. The van der Waals surface area contributed by atoms with Crippen LogP contribution in [0.4, 0.5) is 5.82 Å². The Bertz CT molecular complexity index is 895. The fraction of sp³-hybridized carbons (Fsp3) is 0.318. The lowest BCUT2D eigenvalue weighted by Gasteiger charge is -2.21. The van der Waals surface area contributed by atoms with E-state index in [1.54, 1.807) is 0 Å². The van der Waals surface area contributed by atoms with Gasteiger partial charge in [-0.25, -0.2) is 4.98 Å². The number of benzene rings is 1. The van der Waals surface area contributed by atoms with Crippen molar-refractivity contribution in [2.45, 2.75) is 19.3 Å². The maximum atomic E-state index is 4.88. The zero-order chi connectivity index (χ0) is 17.8. The average molecular weight is 346 g/mol. The molecule has 0 bridgehead atoms. The highest BCUT2D eigenvalue weighted by atomic mass is 15.1. The molecule has 3 heterocycles. The molecular formula is C22H26N4. The van der Waals surface area contributed by atoms with E-state index in [-0.39, 0.29) is 0 Å². The number of nitrogens with zero attached hydrogens (tertiary/aromatic N) is 2. The van der Waals surface area contributed by atoms with Gasteiger partial charge in [0.15, 0.2) is 0 Å². The molecule has 4 heteroatoms. The summed E-state index contributed by atoms with van der Waals surface area (Å²) in [6.07, 6.45) is 7.70. The predicted molar refractivity (Wildman–Crippen MR) is 109 cm³/mol. The van der Waals surface area contributed by atoms with Gasteiger partial charge in [-0.2, -0.15) is 0 Å². The van der Waals surface area contributed by atoms with Gasteiger partial charge in [0.05, 0.1) is 11.0 Å². The summed E-state index contributed by atoms with van der Waals surface area (Å²) >= 11 is 0. The van der Waals surface area contributed by atoms with Crippen LogP contribution < -0.4 is 5.32 Å². The van der Waals surface area contributed by atoms with E-state index >= 15 is 0 Å². The van der Waals surface area contributed by atoms with Crippen molar-refractivity contribution in [2.24, 2.45) is 0 Å². The van der Waals surface area contributed by atoms with E-state index in [4.69, 9.17) is 4.98 Å². The number of rotatable bonds is 6. The molecule has 0 radical (unpaired) electrons. The molecule has 1 aliphatic heterocycles. The normalized spacial score (nSPS) is 15.2. The van der Waals surface area contributed by atoms with Gasteiger partial charge >= 0.3 is 0 Å². The van der Waals surface area contributed by atoms with Gasteiger partial charge in [-0.15, -0.1) is 0 Å². The molecule has 2 aromatic heterocycles. The van der Waals surface area contributed by atoms with Gasteiger partial charge in [0.1, 0.15) is 5.82 Å². The number of likely N-dealkylation sites (N-methyl/N-ethyl adjacent to an activating group) is 1. The third-order valence-corrected chi connectivity index (χ3v) is 5.07. The number of fused-ring (bicyclic) bond motifs is 1. The highest BCUT2D eigenvalue weighted by Crippen LogP contribution is 2.28. The van der Waals surface area contributed by atoms with Crippen molar-refractivity contribution < 1.29 is 0 Å². The van der Waals surface area contributed by atoms with E-state index in [2.05, 4.69) is 77.0 Å². The van der Waals surface area contributed by atoms with Crippen molar-refractivity contribution in [2.75, 3.05) is 32.0 Å². The highest BCUT2D eigenvalue weighted by molar-refractivity contribution is 5.90. The van der Waals surface area contributed by atoms with Crippen LogP contribution >= 0.6 is 0 Å². The minimum Gasteiger partial charge on any atom is -0.370 e. The van der Waals surface area contributed by atoms with Crippen molar-refractivity contribution in [1.82, 2.24) is 14.9 Å². The molecule has 134 valence electrons. The number of hydrogen-bond donors (Lipinski definition) is 2. The molecule has 0 atom stereocenters. The molecule has 4 rings (SSSR count). The first-order chi connectivity index (χ1) is 12.8. The van der Waals surface area contributed by atoms with Gasteiger partial charge in [-0.1, -0.05) is 36.4 Å². The van der Waals surface area contributed by atoms with E-state index < -0.39 is 0 Å². The first-order valence-corrected chi connectivity index (χ1v) is 9.43. The molecule has 0 unspecified atom stereocenters. The smallest absolute Gasteiger partial charge is 0.126 e. The third-order valence-electron chi connectivity index (χ3n) is 5.07. The minimum atomic E-state index is 0.931. The number of aryl methyl sites for hydroxylation is 1. The summed E-state index contributed by atoms with van der Waals surface area (Å²) in [5.41, 5.74) is 6.23. The first kappa shape index (κ1) is 16.9. The van der Waals surface area contributed by atoms with Crippen molar-refractivity contribution in [1.29, 1.82) is 0 Å². The quantitative estimate of drug-likeness (QED) is 0.653. The first-order valence-electron chi connectivity index (χ1n) is 9.43. The van der Waals surface area contributed by atoms with Crippen LogP contribution in [0.2, 0.25) is 0 Å². The van der Waals surface area contributed by atoms with Gasteiger partial charge < -0.3 is 15.2 Å². The summed E-state index contributed by atoms with van der Waals surface area (Å²) in [4.78, 5) is 10.6. The van der Waals surface area contributed by atoms with Gasteiger partial charge in [0.2, 0.25) is 0 Å². The van der Waals surface area contributed by atoms with Gasteiger partial charge in [-0.05, 0) is 49.6 Å². The van der Waals surface area contributed by atoms with Gasteiger partial charge in [-0.3, -0.25) is 0 Å². The Labute approximate surface area is 154 Å². The fourth-order valence-electron chi connectivity index (χ4n) is 3.51. The molecule has 0 aliphatic carbocycles. The Kier molecular flexibility index (Phi) is 5.02. The molecule has 0 fully saturated rings. The standard InChI is InChI=1S/C22H26N4/c1-26-14-11-18(12-15-26)19-16-24-20-9-10-21(25-22(19)20)23-13-5-8-17-6-3-2-4-7-17/h2-4,6-7,9-11,16,24H,5,8,12-15H2,1H3,(H,23,25). The molecule has 3 aromatic rings. The lowest BCUT2D eigenvalue weighted by molar-refractivity contribution is 0.370. The molecule has 0 spiro atoms. The third kappa shape index (κ3) is 3.81. The second-order valence-electron chi connectivity index (χ2n) is 7.05. The lowest BCUT2D eigenvalue weighted by atomic mass is 10.0. The summed E-state index contributed by atoms with van der Waals surface area (Å²) in [7, 11) is 2.16. The average Bonchev–Trinajstić information content (AvgIpc) is 3.10. The van der Waals surface area contributed by atoms with Gasteiger partial charge in [0.25, 0.3) is 0 Å². The maximum absolute atomic E-state index is 4.88. The van der Waals surface area contributed by atoms with Crippen LogP contribution in [0.25, 0.3) is 16.6 Å². The number of aromatic amines is 1. The summed E-state index contributed by atoms with van der Waals surface area (Å²) in [5.74, 6) is 0.958. The second-order valence-corrected chi connectivity index (χ2v) is 7.05. The van der Waals surface area contributed by atoms with Crippen LogP contribution in [-0.2, 0) is 6.42 Å². The molecule has 0 saturated heterocycles. The summed E-state index contributed by atoms with van der Waals surface area (Å²) in [6.45, 7) is 3.05. The predicted octanol–water partition coefficient (Wildman–Crippen LogP) is 4.33. The molecule has 0 amide bonds. The van der Waals surface area contributed by atoms with E-state index in [0.717, 1.165) is 55.7 Å². The lowest BCUT2D eigenvalue weighted by Crippen LogP contribution is -2.23. The van der Waals surface area contributed by atoms with E-state index in [1.165, 1.54) is 16.7 Å². The summed E-state index contributed by atoms with van der Waals surface area (Å²) in [5, 5.41) is 3.48. The van der Waals surface area contributed by atoms with Crippen molar-refractivity contribution in [3.8, 4) is 0 Å². The number of pyridine rings is 1. The summed E-state index contributed by atoms with van der Waals surface area (Å²) < 4.78 is 0. The van der Waals surface area contributed by atoms with Crippen LogP contribution in [0, 0.1) is 0 Å². The Morgan fingerprint density at radius 2 is 2.04 bits per heavy atom. The Morgan fingerprint density at radius 3 is 2.85 bits per heavy atom. The number of anilines is 1. The molecular weight excluding hydrogens is 320 g/mol. The van der Waals surface area contributed by atoms with E-state index in [0.29, 0.717) is 0 Å². The fourth-order valence-corrected chi connectivity index (χ4v) is 3.51. The minimum absolute atomic E-state index is 0.931. The largest absolute Gasteiger partial charge is 0.370 e. The monoisotopic (exact) mass is 346 g/mol. The van der Waals surface area contributed by atoms with Crippen LogP contribution in [0.5, 0.6) is 0 Å². The van der Waals surface area contributed by atoms with Gasteiger partial charge in [0, 0.05) is 31.4 Å². The van der Waals surface area contributed by atoms with Crippen molar-refractivity contribution in [3.63, 3.8) is 0 Å². The number of hydrogen-bond acceptors (Lipinski definition) is 3. The Hall–Kier alpha value is -2.59. The topological polar surface area (TPSA) is 44.0 Å². The number of nitrogens with one attached hydrogen (secondary N) is 2. The molecule has 2 N–H and O–H groups in total. The maximum Gasteiger partial charge on any atom is 0.126 e. The molecule has 26 heavy (non-hydrogen) atoms. The Morgan fingerprint density at radius 1 is 1.15 bits per heavy atom. The van der Waals surface area contributed by atoms with Crippen molar-refractivity contribution in [3.05, 3.63) is 65.9 Å². The van der Waals surface area contributed by atoms with Crippen LogP contribution in [0.15, 0.2) is 54.7 Å². The van der Waals surface area contributed by atoms with E-state index in [9.17, 15) is 0 Å². The Balaban J connectivity index is 1.43. The van der Waals surface area contributed by atoms with Crippen LogP contribution in [0.3, 0.4) is 0 Å². The molecule has 0 saturated carbocycles. The molecule has 1 aliphatic rings. The second kappa shape index (κ2) is 7.75. The summed E-state index contributed by atoms with van der Waals surface area (Å²) in [6, 6.07) is 14.8.